The first-order chi connectivity index (χ1) is 12.8. The van der Waals surface area contributed by atoms with Crippen molar-refractivity contribution < 1.29 is 13.6 Å². The summed E-state index contributed by atoms with van der Waals surface area (Å²) in [5.41, 5.74) is 4.29. The van der Waals surface area contributed by atoms with Crippen molar-refractivity contribution >= 4 is 22.1 Å². The van der Waals surface area contributed by atoms with Gasteiger partial charge in [-0.2, -0.15) is 0 Å². The van der Waals surface area contributed by atoms with Gasteiger partial charge in [0.2, 0.25) is 0 Å². The number of hydrogen-bond donors (Lipinski definition) is 0. The third kappa shape index (κ3) is 2.27. The van der Waals surface area contributed by atoms with E-state index in [1.165, 1.54) is 0 Å². The molecule has 0 bridgehead atoms. The number of para-hydroxylation sites is 2. The van der Waals surface area contributed by atoms with Gasteiger partial charge in [0.25, 0.3) is 5.89 Å². The molecule has 0 aliphatic heterocycles. The summed E-state index contributed by atoms with van der Waals surface area (Å²) in [6.07, 6.45) is 0. The molecule has 2 heterocycles. The van der Waals surface area contributed by atoms with Gasteiger partial charge in [0.05, 0.1) is 7.11 Å². The highest BCUT2D eigenvalue weighted by Gasteiger charge is 2.22. The van der Waals surface area contributed by atoms with Crippen LogP contribution < -0.4 is 4.74 Å². The summed E-state index contributed by atoms with van der Waals surface area (Å²) in [6, 6.07) is 23.6. The maximum atomic E-state index is 6.18. The Labute approximate surface area is 149 Å². The van der Waals surface area contributed by atoms with Gasteiger partial charge in [-0.15, -0.1) is 0 Å². The second kappa shape index (κ2) is 5.77. The van der Waals surface area contributed by atoms with Gasteiger partial charge in [-0.1, -0.05) is 42.5 Å². The zero-order chi connectivity index (χ0) is 17.5. The summed E-state index contributed by atoms with van der Waals surface area (Å²) in [5.74, 6) is 1.84. The van der Waals surface area contributed by atoms with E-state index in [-0.39, 0.29) is 0 Å². The van der Waals surface area contributed by atoms with Gasteiger partial charge in [-0.05, 0) is 29.8 Å². The minimum atomic E-state index is 0.472. The molecule has 0 aliphatic carbocycles. The smallest absolute Gasteiger partial charge is 0.264 e. The molecule has 0 radical (unpaired) electrons. The summed E-state index contributed by atoms with van der Waals surface area (Å²) in [5, 5.41) is 0.995. The van der Waals surface area contributed by atoms with Crippen LogP contribution >= 0.6 is 0 Å². The fraction of sp³-hybridized carbons (Fsp3) is 0.0455. The first-order valence-electron chi connectivity index (χ1n) is 8.35. The minimum absolute atomic E-state index is 0.472. The van der Waals surface area contributed by atoms with Gasteiger partial charge >= 0.3 is 0 Å². The highest BCUT2D eigenvalue weighted by atomic mass is 16.5. The molecule has 0 saturated heterocycles. The lowest BCUT2D eigenvalue weighted by molar-refractivity contribution is 0.414. The Hall–Kier alpha value is -3.53. The van der Waals surface area contributed by atoms with Gasteiger partial charge < -0.3 is 13.6 Å². The maximum Gasteiger partial charge on any atom is 0.264 e. The highest BCUT2D eigenvalue weighted by Crippen LogP contribution is 2.42. The Balaban J connectivity index is 1.83. The molecule has 0 saturated carbocycles. The molecule has 5 rings (SSSR count). The van der Waals surface area contributed by atoms with Crippen LogP contribution in [0.3, 0.4) is 0 Å². The number of ether oxygens (including phenoxy) is 1. The van der Waals surface area contributed by atoms with Crippen LogP contribution in [-0.2, 0) is 0 Å². The van der Waals surface area contributed by atoms with Crippen LogP contribution in [0.1, 0.15) is 0 Å². The Morgan fingerprint density at radius 2 is 1.62 bits per heavy atom. The molecule has 26 heavy (non-hydrogen) atoms. The predicted octanol–water partition coefficient (Wildman–Crippen LogP) is 5.92. The molecule has 0 N–H and O–H groups in total. The van der Waals surface area contributed by atoms with E-state index in [0.29, 0.717) is 11.7 Å². The summed E-state index contributed by atoms with van der Waals surface area (Å²) in [6.45, 7) is 0. The van der Waals surface area contributed by atoms with Crippen molar-refractivity contribution in [2.24, 2.45) is 0 Å². The SMILES string of the molecule is COc1ccc2c(-c3ccccc3)c(-c3nc4ccccc4o3)oc2c1. The standard InChI is InChI=1S/C22H15NO3/c1-24-15-11-12-16-19(13-15)25-21(20(16)14-7-3-2-4-8-14)22-23-17-9-5-6-10-18(17)26-22/h2-13H,1H3. The number of rotatable bonds is 3. The number of benzene rings is 3. The van der Waals surface area contributed by atoms with Crippen molar-refractivity contribution in [2.75, 3.05) is 7.11 Å². The number of oxazole rings is 1. The molecule has 0 amide bonds. The zero-order valence-electron chi connectivity index (χ0n) is 14.1. The Morgan fingerprint density at radius 1 is 0.808 bits per heavy atom. The predicted molar refractivity (Wildman–Crippen MR) is 101 cm³/mol. The Morgan fingerprint density at radius 3 is 2.42 bits per heavy atom. The van der Waals surface area contributed by atoms with Crippen molar-refractivity contribution in [3.8, 4) is 28.5 Å². The van der Waals surface area contributed by atoms with Crippen molar-refractivity contribution in [2.45, 2.75) is 0 Å². The van der Waals surface area contributed by atoms with Gasteiger partial charge in [-0.3, -0.25) is 0 Å². The summed E-state index contributed by atoms with van der Waals surface area (Å²) in [4.78, 5) is 4.62. The quantitative estimate of drug-likeness (QED) is 0.409. The molecule has 0 spiro atoms. The zero-order valence-corrected chi connectivity index (χ0v) is 14.1. The van der Waals surface area contributed by atoms with Crippen LogP contribution in [0.5, 0.6) is 5.75 Å². The molecule has 0 atom stereocenters. The van der Waals surface area contributed by atoms with E-state index in [4.69, 9.17) is 13.6 Å². The molecule has 126 valence electrons. The van der Waals surface area contributed by atoms with E-state index in [0.717, 1.165) is 38.9 Å². The lowest BCUT2D eigenvalue weighted by Crippen LogP contribution is -1.82. The molecule has 0 unspecified atom stereocenters. The first-order valence-corrected chi connectivity index (χ1v) is 8.35. The lowest BCUT2D eigenvalue weighted by Gasteiger charge is -2.01. The molecular weight excluding hydrogens is 326 g/mol. The average molecular weight is 341 g/mol. The second-order valence-electron chi connectivity index (χ2n) is 6.02. The number of methoxy groups -OCH3 is 1. The summed E-state index contributed by atoms with van der Waals surface area (Å²) >= 11 is 0. The molecular formula is C22H15NO3. The van der Waals surface area contributed by atoms with E-state index in [1.54, 1.807) is 7.11 Å². The number of hydrogen-bond acceptors (Lipinski definition) is 4. The van der Waals surface area contributed by atoms with Crippen LogP contribution in [0.4, 0.5) is 0 Å². The van der Waals surface area contributed by atoms with E-state index < -0.39 is 0 Å². The molecule has 0 fully saturated rings. The first kappa shape index (κ1) is 14.8. The number of furan rings is 1. The molecule has 5 aromatic rings. The number of nitrogens with zero attached hydrogens (tertiary/aromatic N) is 1. The van der Waals surface area contributed by atoms with E-state index >= 15 is 0 Å². The fourth-order valence-corrected chi connectivity index (χ4v) is 3.22. The maximum absolute atomic E-state index is 6.18. The summed E-state index contributed by atoms with van der Waals surface area (Å²) < 4.78 is 17.5. The van der Waals surface area contributed by atoms with E-state index in [2.05, 4.69) is 17.1 Å². The third-order valence-corrected chi connectivity index (χ3v) is 4.45. The van der Waals surface area contributed by atoms with Crippen LogP contribution in [-0.4, -0.2) is 12.1 Å². The van der Waals surface area contributed by atoms with Gasteiger partial charge in [0, 0.05) is 17.0 Å². The number of aromatic nitrogens is 1. The second-order valence-corrected chi connectivity index (χ2v) is 6.02. The van der Waals surface area contributed by atoms with Crippen molar-refractivity contribution in [3.63, 3.8) is 0 Å². The topological polar surface area (TPSA) is 48.4 Å². The number of fused-ring (bicyclic) bond motifs is 2. The minimum Gasteiger partial charge on any atom is -0.497 e. The van der Waals surface area contributed by atoms with Crippen LogP contribution in [0, 0.1) is 0 Å². The summed E-state index contributed by atoms with van der Waals surface area (Å²) in [7, 11) is 1.64. The average Bonchev–Trinajstić information content (AvgIpc) is 3.29. The van der Waals surface area contributed by atoms with Crippen LogP contribution in [0.2, 0.25) is 0 Å². The molecule has 2 aromatic heterocycles. The normalized spacial score (nSPS) is 11.3. The largest absolute Gasteiger partial charge is 0.497 e. The van der Waals surface area contributed by atoms with Crippen molar-refractivity contribution in [1.82, 2.24) is 4.98 Å². The monoisotopic (exact) mass is 341 g/mol. The Bertz CT molecular complexity index is 1190. The Kier molecular flexibility index (Phi) is 3.28. The molecule has 4 heteroatoms. The van der Waals surface area contributed by atoms with Gasteiger partial charge in [0.15, 0.2) is 11.3 Å². The van der Waals surface area contributed by atoms with Gasteiger partial charge in [-0.25, -0.2) is 4.98 Å². The van der Waals surface area contributed by atoms with E-state index in [1.807, 2.05) is 60.7 Å². The fourth-order valence-electron chi connectivity index (χ4n) is 3.22. The molecule has 4 nitrogen and oxygen atoms in total. The molecule has 0 aliphatic rings. The third-order valence-electron chi connectivity index (χ3n) is 4.45. The van der Waals surface area contributed by atoms with Gasteiger partial charge in [0.1, 0.15) is 16.8 Å². The van der Waals surface area contributed by atoms with Crippen molar-refractivity contribution in [3.05, 3.63) is 72.8 Å². The van der Waals surface area contributed by atoms with Crippen molar-refractivity contribution in [1.29, 1.82) is 0 Å². The lowest BCUT2D eigenvalue weighted by atomic mass is 10.0. The van der Waals surface area contributed by atoms with Crippen LogP contribution in [0.25, 0.3) is 44.8 Å². The molecule has 3 aromatic carbocycles. The highest BCUT2D eigenvalue weighted by molar-refractivity contribution is 6.01. The van der Waals surface area contributed by atoms with Crippen LogP contribution in [0.15, 0.2) is 81.6 Å². The van der Waals surface area contributed by atoms with E-state index in [9.17, 15) is 0 Å².